The van der Waals surface area contributed by atoms with Crippen molar-refractivity contribution >= 4 is 38.9 Å². The van der Waals surface area contributed by atoms with Crippen molar-refractivity contribution in [1.82, 2.24) is 0 Å². The van der Waals surface area contributed by atoms with Crippen LogP contribution in [-0.4, -0.2) is 38.7 Å². The van der Waals surface area contributed by atoms with Gasteiger partial charge in [-0.2, -0.15) is 0 Å². The number of carbonyl (C=O) groups excluding carboxylic acids is 1. The molecule has 0 radical (unpaired) electrons. The van der Waals surface area contributed by atoms with Crippen molar-refractivity contribution < 1.29 is 23.1 Å². The number of benzene rings is 3. The number of nitrogens with zero attached hydrogens (tertiary/aromatic N) is 1. The van der Waals surface area contributed by atoms with Gasteiger partial charge in [0.05, 0.1) is 17.1 Å². The number of anilines is 2. The van der Waals surface area contributed by atoms with Crippen LogP contribution in [0.15, 0.2) is 77.7 Å². The fourth-order valence-electron chi connectivity index (χ4n) is 3.18. The van der Waals surface area contributed by atoms with Crippen molar-refractivity contribution in [3.8, 4) is 5.75 Å². The molecule has 2 N–H and O–H groups in total. The molecule has 0 aliphatic heterocycles. The van der Waals surface area contributed by atoms with Crippen LogP contribution in [-0.2, 0) is 14.8 Å². The van der Waals surface area contributed by atoms with Crippen LogP contribution in [0.25, 0.3) is 0 Å². The van der Waals surface area contributed by atoms with E-state index < -0.39 is 16.1 Å². The van der Waals surface area contributed by atoms with E-state index in [0.29, 0.717) is 22.1 Å². The van der Waals surface area contributed by atoms with Crippen LogP contribution in [0.3, 0.4) is 0 Å². The zero-order chi connectivity index (χ0) is 24.0. The summed E-state index contributed by atoms with van der Waals surface area (Å²) in [6, 6.07) is 19.6. The molecule has 1 amide bonds. The maximum Gasteiger partial charge on any atom is 0.264 e. The predicted octanol–water partition coefficient (Wildman–Crippen LogP) is 4.24. The Hall–Kier alpha value is -3.07. The number of carbonyl (C=O) groups is 1. The van der Waals surface area contributed by atoms with E-state index in [-0.39, 0.29) is 24.0 Å². The first-order chi connectivity index (χ1) is 15.7. The third-order valence-corrected chi connectivity index (χ3v) is 6.83. The van der Waals surface area contributed by atoms with E-state index in [0.717, 1.165) is 5.56 Å². The lowest BCUT2D eigenvalue weighted by atomic mass is 10.2. The summed E-state index contributed by atoms with van der Waals surface area (Å²) < 4.78 is 33.7. The molecule has 0 aliphatic rings. The topological polar surface area (TPSA) is 95.9 Å². The lowest BCUT2D eigenvalue weighted by molar-refractivity contribution is -0.114. The molecule has 1 atom stereocenters. The van der Waals surface area contributed by atoms with E-state index in [1.807, 2.05) is 6.07 Å². The molecule has 3 rings (SSSR count). The zero-order valence-electron chi connectivity index (χ0n) is 18.2. The molecule has 1 unspecified atom stereocenters. The number of hydrogen-bond donors (Lipinski definition) is 2. The first-order valence-electron chi connectivity index (χ1n) is 10.2. The minimum Gasteiger partial charge on any atom is -0.491 e. The van der Waals surface area contributed by atoms with Gasteiger partial charge in [-0.3, -0.25) is 9.10 Å². The van der Waals surface area contributed by atoms with Gasteiger partial charge in [-0.15, -0.1) is 0 Å². The molecule has 7 nitrogen and oxygen atoms in total. The average molecular weight is 489 g/mol. The molecule has 0 fully saturated rings. The van der Waals surface area contributed by atoms with E-state index in [1.54, 1.807) is 49.4 Å². The third kappa shape index (κ3) is 6.47. The van der Waals surface area contributed by atoms with Crippen molar-refractivity contribution in [2.24, 2.45) is 0 Å². The minimum atomic E-state index is -3.97. The highest BCUT2D eigenvalue weighted by Gasteiger charge is 2.28. The molecule has 3 aromatic carbocycles. The lowest BCUT2D eigenvalue weighted by Gasteiger charge is -2.28. The Morgan fingerprint density at radius 1 is 1.06 bits per heavy atom. The van der Waals surface area contributed by atoms with Gasteiger partial charge >= 0.3 is 0 Å². The molecular weight excluding hydrogens is 464 g/mol. The van der Waals surface area contributed by atoms with Crippen LogP contribution in [0.1, 0.15) is 12.5 Å². The van der Waals surface area contributed by atoms with E-state index in [9.17, 15) is 18.3 Å². The van der Waals surface area contributed by atoms with E-state index in [2.05, 4.69) is 5.32 Å². The smallest absolute Gasteiger partial charge is 0.264 e. The maximum absolute atomic E-state index is 13.4. The number of nitrogens with one attached hydrogen (secondary N) is 1. The molecule has 0 heterocycles. The van der Waals surface area contributed by atoms with Crippen molar-refractivity contribution in [2.75, 3.05) is 22.8 Å². The number of aliphatic hydroxyl groups is 1. The van der Waals surface area contributed by atoms with E-state index in [1.165, 1.54) is 35.5 Å². The highest BCUT2D eigenvalue weighted by atomic mass is 35.5. The first-order valence-corrected chi connectivity index (χ1v) is 12.0. The number of rotatable bonds is 9. The van der Waals surface area contributed by atoms with Crippen molar-refractivity contribution in [3.05, 3.63) is 83.4 Å². The molecule has 174 valence electrons. The Morgan fingerprint density at radius 2 is 1.70 bits per heavy atom. The van der Waals surface area contributed by atoms with Crippen LogP contribution in [0.5, 0.6) is 5.75 Å². The van der Waals surface area contributed by atoms with Gasteiger partial charge in [0.2, 0.25) is 5.91 Å². The average Bonchev–Trinajstić information content (AvgIpc) is 2.77. The van der Waals surface area contributed by atoms with Gasteiger partial charge < -0.3 is 15.2 Å². The Labute approximate surface area is 198 Å². The standard InChI is InChI=1S/C24H25ClN2O5S/c1-17-5-3-4-6-24(17)27(33(30,31)23-13-7-19(25)8-14-23)15-21(29)16-32-22-11-9-20(10-12-22)26-18(2)28/h3-14,21,29H,15-16H2,1-2H3,(H,26,28). The second kappa shape index (κ2) is 10.7. The van der Waals surface area contributed by atoms with Crippen LogP contribution in [0.4, 0.5) is 11.4 Å². The summed E-state index contributed by atoms with van der Waals surface area (Å²) in [7, 11) is -3.97. The van der Waals surface area contributed by atoms with Crippen molar-refractivity contribution in [1.29, 1.82) is 0 Å². The number of aliphatic hydroxyl groups excluding tert-OH is 1. The summed E-state index contributed by atoms with van der Waals surface area (Å²) >= 11 is 5.92. The molecule has 0 saturated heterocycles. The lowest BCUT2D eigenvalue weighted by Crippen LogP contribution is -2.40. The van der Waals surface area contributed by atoms with Gasteiger partial charge in [0.15, 0.2) is 0 Å². The van der Waals surface area contributed by atoms with Crippen molar-refractivity contribution in [2.45, 2.75) is 24.8 Å². The highest BCUT2D eigenvalue weighted by molar-refractivity contribution is 7.92. The fourth-order valence-corrected chi connectivity index (χ4v) is 4.87. The van der Waals surface area contributed by atoms with Crippen LogP contribution in [0.2, 0.25) is 5.02 Å². The second-order valence-electron chi connectivity index (χ2n) is 7.45. The molecule has 0 aromatic heterocycles. The van der Waals surface area contributed by atoms with Gasteiger partial charge in [0.1, 0.15) is 18.5 Å². The minimum absolute atomic E-state index is 0.0665. The van der Waals surface area contributed by atoms with Crippen LogP contribution in [0, 0.1) is 6.92 Å². The Morgan fingerprint density at radius 3 is 2.30 bits per heavy atom. The number of hydrogen-bond acceptors (Lipinski definition) is 5. The van der Waals surface area contributed by atoms with Gasteiger partial charge in [0, 0.05) is 17.6 Å². The summed E-state index contributed by atoms with van der Waals surface area (Å²) in [6.45, 7) is 2.89. The molecule has 0 saturated carbocycles. The molecule has 0 spiro atoms. The molecular formula is C24H25ClN2O5S. The summed E-state index contributed by atoms with van der Waals surface area (Å²) in [4.78, 5) is 11.2. The Balaban J connectivity index is 1.78. The third-order valence-electron chi connectivity index (χ3n) is 4.78. The predicted molar refractivity (Wildman–Crippen MR) is 129 cm³/mol. The van der Waals surface area contributed by atoms with Crippen LogP contribution >= 0.6 is 11.6 Å². The molecule has 9 heteroatoms. The normalized spacial score (nSPS) is 12.1. The number of sulfonamides is 1. The van der Waals surface area contributed by atoms with E-state index >= 15 is 0 Å². The molecule has 33 heavy (non-hydrogen) atoms. The highest BCUT2D eigenvalue weighted by Crippen LogP contribution is 2.28. The van der Waals surface area contributed by atoms with E-state index in [4.69, 9.17) is 16.3 Å². The summed E-state index contributed by atoms with van der Waals surface area (Å²) in [5.74, 6) is 0.295. The number of halogens is 1. The zero-order valence-corrected chi connectivity index (χ0v) is 19.8. The first kappa shape index (κ1) is 24.6. The summed E-state index contributed by atoms with van der Waals surface area (Å²) in [5, 5.41) is 13.7. The van der Waals surface area contributed by atoms with Gasteiger partial charge in [-0.25, -0.2) is 8.42 Å². The monoisotopic (exact) mass is 488 g/mol. The number of amides is 1. The summed E-state index contributed by atoms with van der Waals surface area (Å²) in [6.07, 6.45) is -1.11. The van der Waals surface area contributed by atoms with Gasteiger partial charge in [0.25, 0.3) is 10.0 Å². The number of ether oxygens (including phenoxy) is 1. The largest absolute Gasteiger partial charge is 0.491 e. The second-order valence-corrected chi connectivity index (χ2v) is 9.75. The SMILES string of the molecule is CC(=O)Nc1ccc(OCC(O)CN(c2ccccc2C)S(=O)(=O)c2ccc(Cl)cc2)cc1. The molecule has 0 bridgehead atoms. The fraction of sp³-hybridized carbons (Fsp3) is 0.208. The van der Waals surface area contributed by atoms with Crippen molar-refractivity contribution in [3.63, 3.8) is 0 Å². The van der Waals surface area contributed by atoms with Crippen LogP contribution < -0.4 is 14.4 Å². The number of para-hydroxylation sites is 1. The van der Waals surface area contributed by atoms with Gasteiger partial charge in [-0.1, -0.05) is 29.8 Å². The quantitative estimate of drug-likeness (QED) is 0.469. The van der Waals surface area contributed by atoms with Gasteiger partial charge in [-0.05, 0) is 67.1 Å². The molecule has 0 aliphatic carbocycles. The molecule has 3 aromatic rings. The number of aryl methyl sites for hydroxylation is 1. The maximum atomic E-state index is 13.4. The Kier molecular flexibility index (Phi) is 7.97. The Bertz CT molecular complexity index is 1200. The summed E-state index contributed by atoms with van der Waals surface area (Å²) in [5.41, 5.74) is 1.83.